The quantitative estimate of drug-likeness (QED) is 0.410. The minimum atomic E-state index is -4.38. The highest BCUT2D eigenvalue weighted by Gasteiger charge is 2.30. The second kappa shape index (κ2) is 8.13. The number of halogens is 3. The highest BCUT2D eigenvalue weighted by molar-refractivity contribution is 5.85. The summed E-state index contributed by atoms with van der Waals surface area (Å²) in [4.78, 5) is 17.9. The first kappa shape index (κ1) is 20.5. The molecule has 0 spiro atoms. The fourth-order valence-electron chi connectivity index (χ4n) is 3.06. The highest BCUT2D eigenvalue weighted by atomic mass is 19.4. The number of alkyl halides is 3. The van der Waals surface area contributed by atoms with E-state index in [1.807, 2.05) is 43.3 Å². The summed E-state index contributed by atoms with van der Waals surface area (Å²) in [5.74, 6) is 0.929. The van der Waals surface area contributed by atoms with Crippen molar-refractivity contribution in [2.45, 2.75) is 12.7 Å². The zero-order valence-electron chi connectivity index (χ0n) is 16.8. The van der Waals surface area contributed by atoms with Crippen LogP contribution in [-0.4, -0.2) is 34.0 Å². The van der Waals surface area contributed by atoms with E-state index in [4.69, 9.17) is 0 Å². The topological polar surface area (TPSA) is 81.8 Å². The van der Waals surface area contributed by atoms with Gasteiger partial charge in [0, 0.05) is 32.0 Å². The lowest BCUT2D eigenvalue weighted by Gasteiger charge is -2.13. The summed E-state index contributed by atoms with van der Waals surface area (Å²) in [5.41, 5.74) is 2.67. The highest BCUT2D eigenvalue weighted by Crippen LogP contribution is 2.30. The van der Waals surface area contributed by atoms with Gasteiger partial charge in [-0.3, -0.25) is 0 Å². The van der Waals surface area contributed by atoms with Gasteiger partial charge in [0.1, 0.15) is 11.8 Å². The number of anilines is 4. The summed E-state index contributed by atoms with van der Waals surface area (Å²) < 4.78 is 38.8. The van der Waals surface area contributed by atoms with Crippen molar-refractivity contribution in [3.63, 3.8) is 0 Å². The van der Waals surface area contributed by atoms with Gasteiger partial charge in [-0.25, -0.2) is 9.97 Å². The van der Waals surface area contributed by atoms with Crippen molar-refractivity contribution < 1.29 is 13.2 Å². The van der Waals surface area contributed by atoms with Crippen LogP contribution in [0.1, 0.15) is 11.1 Å². The lowest BCUT2D eigenvalue weighted by molar-refractivity contribution is -0.137. The molecule has 3 N–H and O–H groups in total. The van der Waals surface area contributed by atoms with Gasteiger partial charge < -0.3 is 20.5 Å². The Labute approximate surface area is 176 Å². The Bertz CT molecular complexity index is 1200. The molecule has 2 heterocycles. The molecule has 0 fully saturated rings. The number of nitrogens with one attached hydrogen (secondary N) is 3. The molecule has 7 nitrogen and oxygen atoms in total. The van der Waals surface area contributed by atoms with Gasteiger partial charge in [0.15, 0.2) is 11.5 Å². The van der Waals surface area contributed by atoms with Crippen LogP contribution in [0, 0.1) is 0 Å². The Balaban J connectivity index is 1.54. The molecule has 0 unspecified atom stereocenters. The summed E-state index contributed by atoms with van der Waals surface area (Å²) in [6, 6.07) is 13.0. The fourth-order valence-corrected chi connectivity index (χ4v) is 3.06. The minimum absolute atomic E-state index is 0.169. The third-order valence-corrected chi connectivity index (χ3v) is 4.63. The number of benzene rings is 2. The first-order valence-electron chi connectivity index (χ1n) is 9.45. The molecule has 31 heavy (non-hydrogen) atoms. The Kier molecular flexibility index (Phi) is 5.37. The van der Waals surface area contributed by atoms with Crippen LogP contribution in [0.25, 0.3) is 11.2 Å². The lowest BCUT2D eigenvalue weighted by atomic mass is 10.1. The largest absolute Gasteiger partial charge is 0.416 e. The predicted octanol–water partition coefficient (Wildman–Crippen LogP) is 4.79. The molecule has 0 amide bonds. The number of fused-ring (bicyclic) bond motifs is 1. The first-order chi connectivity index (χ1) is 14.8. The fraction of sp³-hybridized carbons (Fsp3) is 0.190. The molecule has 4 rings (SSSR count). The van der Waals surface area contributed by atoms with E-state index in [0.29, 0.717) is 28.5 Å². The van der Waals surface area contributed by atoms with E-state index in [1.165, 1.54) is 12.4 Å². The van der Waals surface area contributed by atoms with Crippen LogP contribution >= 0.6 is 0 Å². The molecular formula is C21H20F3N7. The lowest BCUT2D eigenvalue weighted by Crippen LogP contribution is -2.08. The van der Waals surface area contributed by atoms with E-state index in [0.717, 1.165) is 23.5 Å². The number of aromatic amines is 1. The van der Waals surface area contributed by atoms with E-state index in [9.17, 15) is 13.2 Å². The molecule has 0 aliphatic heterocycles. The number of hydrogen-bond acceptors (Lipinski definition) is 6. The molecule has 0 aliphatic carbocycles. The maximum Gasteiger partial charge on any atom is 0.416 e. The number of H-pyrrole nitrogens is 1. The first-order valence-corrected chi connectivity index (χ1v) is 9.45. The number of aromatic nitrogens is 4. The van der Waals surface area contributed by atoms with Crippen LogP contribution in [0.2, 0.25) is 0 Å². The minimum Gasteiger partial charge on any atom is -0.378 e. The summed E-state index contributed by atoms with van der Waals surface area (Å²) in [6.07, 6.45) is -3.03. The number of nitrogens with zero attached hydrogens (tertiary/aromatic N) is 4. The summed E-state index contributed by atoms with van der Waals surface area (Å²) in [7, 11) is 3.91. The van der Waals surface area contributed by atoms with Gasteiger partial charge in [0.25, 0.3) is 0 Å². The van der Waals surface area contributed by atoms with Gasteiger partial charge in [0.2, 0.25) is 5.95 Å². The van der Waals surface area contributed by atoms with E-state index in [1.54, 1.807) is 6.07 Å². The van der Waals surface area contributed by atoms with Gasteiger partial charge in [-0.15, -0.1) is 0 Å². The zero-order chi connectivity index (χ0) is 22.0. The molecule has 0 bridgehead atoms. The average Bonchev–Trinajstić information content (AvgIpc) is 3.15. The average molecular weight is 427 g/mol. The molecule has 0 saturated carbocycles. The molecular weight excluding hydrogens is 407 g/mol. The van der Waals surface area contributed by atoms with E-state index >= 15 is 0 Å². The van der Waals surface area contributed by atoms with Crippen LogP contribution in [0.5, 0.6) is 0 Å². The second-order valence-corrected chi connectivity index (χ2v) is 7.13. The maximum absolute atomic E-state index is 12.9. The summed E-state index contributed by atoms with van der Waals surface area (Å²) >= 11 is 0. The van der Waals surface area contributed by atoms with Crippen molar-refractivity contribution in [1.29, 1.82) is 0 Å². The van der Waals surface area contributed by atoms with E-state index in [-0.39, 0.29) is 6.54 Å². The smallest absolute Gasteiger partial charge is 0.378 e. The molecule has 0 radical (unpaired) electrons. The third-order valence-electron chi connectivity index (χ3n) is 4.63. The van der Waals surface area contributed by atoms with Crippen molar-refractivity contribution in [2.75, 3.05) is 29.6 Å². The summed E-state index contributed by atoms with van der Waals surface area (Å²) in [5, 5.41) is 6.26. The van der Waals surface area contributed by atoms with E-state index in [2.05, 4.69) is 30.6 Å². The molecule has 4 aromatic rings. The normalized spacial score (nSPS) is 11.5. The van der Waals surface area contributed by atoms with Crippen LogP contribution in [-0.2, 0) is 12.7 Å². The number of imidazole rings is 1. The molecule has 0 atom stereocenters. The molecule has 2 aromatic carbocycles. The predicted molar refractivity (Wildman–Crippen MR) is 115 cm³/mol. The molecule has 160 valence electrons. The van der Waals surface area contributed by atoms with Gasteiger partial charge in [-0.05, 0) is 35.9 Å². The van der Waals surface area contributed by atoms with Crippen LogP contribution in [0.4, 0.5) is 36.3 Å². The van der Waals surface area contributed by atoms with Crippen LogP contribution in [0.3, 0.4) is 0 Å². The molecule has 2 aromatic heterocycles. The van der Waals surface area contributed by atoms with Crippen molar-refractivity contribution in [2.24, 2.45) is 0 Å². The number of rotatable bonds is 6. The van der Waals surface area contributed by atoms with Crippen molar-refractivity contribution in [3.05, 3.63) is 66.0 Å². The monoisotopic (exact) mass is 427 g/mol. The van der Waals surface area contributed by atoms with Gasteiger partial charge >= 0.3 is 6.18 Å². The van der Waals surface area contributed by atoms with E-state index < -0.39 is 11.7 Å². The van der Waals surface area contributed by atoms with Gasteiger partial charge in [0.05, 0.1) is 5.56 Å². The molecule has 10 heteroatoms. The van der Waals surface area contributed by atoms with Crippen molar-refractivity contribution in [3.8, 4) is 0 Å². The van der Waals surface area contributed by atoms with Crippen LogP contribution in [0.15, 0.2) is 54.9 Å². The zero-order valence-corrected chi connectivity index (χ0v) is 16.8. The number of hydrogen-bond donors (Lipinski definition) is 3. The Hall–Kier alpha value is -3.82. The SMILES string of the molecule is CN(C)c1cccc(Nc2nc3ncnc(NCc4cccc(C(F)(F)F)c4)c3[nH]2)c1. The Morgan fingerprint density at radius 3 is 2.61 bits per heavy atom. The molecule has 0 aliphatic rings. The standard InChI is InChI=1S/C21H20F3N7/c1-31(2)16-8-4-7-15(10-16)28-20-29-17-18(26-12-27-19(17)30-20)25-11-13-5-3-6-14(9-13)21(22,23)24/h3-10,12H,11H2,1-2H3,(H3,25,26,27,28,29,30). The summed E-state index contributed by atoms with van der Waals surface area (Å²) in [6.45, 7) is 0.169. The van der Waals surface area contributed by atoms with Gasteiger partial charge in [-0.1, -0.05) is 18.2 Å². The van der Waals surface area contributed by atoms with Crippen molar-refractivity contribution in [1.82, 2.24) is 19.9 Å². The van der Waals surface area contributed by atoms with Crippen LogP contribution < -0.4 is 15.5 Å². The maximum atomic E-state index is 12.9. The third kappa shape index (κ3) is 4.68. The second-order valence-electron chi connectivity index (χ2n) is 7.13. The molecule has 0 saturated heterocycles. The Morgan fingerprint density at radius 1 is 1.03 bits per heavy atom. The Morgan fingerprint density at radius 2 is 1.84 bits per heavy atom. The van der Waals surface area contributed by atoms with Crippen molar-refractivity contribution >= 4 is 34.3 Å². The van der Waals surface area contributed by atoms with Gasteiger partial charge in [-0.2, -0.15) is 18.2 Å².